The minimum Gasteiger partial charge on any atom is -0.340 e. The molecule has 106 valence electrons. The highest BCUT2D eigenvalue weighted by Gasteiger charge is 2.48. The first-order chi connectivity index (χ1) is 9.52. The van der Waals surface area contributed by atoms with Crippen LogP contribution in [0, 0.1) is 12.7 Å². The van der Waals surface area contributed by atoms with E-state index in [9.17, 15) is 14.0 Å². The predicted molar refractivity (Wildman–Crippen MR) is 72.8 cm³/mol. The summed E-state index contributed by atoms with van der Waals surface area (Å²) in [5.41, 5.74) is 0.328. The molecule has 1 saturated carbocycles. The van der Waals surface area contributed by atoms with Gasteiger partial charge in [-0.25, -0.2) is 4.39 Å². The van der Waals surface area contributed by atoms with E-state index in [0.717, 1.165) is 12.8 Å². The molecule has 1 N–H and O–H groups in total. The van der Waals surface area contributed by atoms with Crippen molar-refractivity contribution in [3.05, 3.63) is 29.6 Å². The molecule has 1 heterocycles. The molecule has 1 aliphatic heterocycles. The van der Waals surface area contributed by atoms with Gasteiger partial charge in [-0.1, -0.05) is 12.8 Å². The Hall–Kier alpha value is -1.91. The summed E-state index contributed by atoms with van der Waals surface area (Å²) in [4.78, 5) is 26.1. The molecule has 20 heavy (non-hydrogen) atoms. The number of rotatable bonds is 1. The van der Waals surface area contributed by atoms with Crippen LogP contribution in [0.3, 0.4) is 0 Å². The Bertz CT molecular complexity index is 579. The standard InChI is InChI=1S/C15H17FN2O2/c1-10-8-11(4-5-12(10)16)18-9-13(19)17-15(14(18)20)6-2-3-7-15/h4-5,8H,2-3,6-7,9H2,1H3,(H,17,19). The van der Waals surface area contributed by atoms with Gasteiger partial charge in [0, 0.05) is 5.69 Å². The number of benzene rings is 1. The SMILES string of the molecule is Cc1cc(N2CC(=O)NC3(CCCC3)C2=O)ccc1F. The van der Waals surface area contributed by atoms with Crippen molar-refractivity contribution in [2.45, 2.75) is 38.1 Å². The number of hydrogen-bond donors (Lipinski definition) is 1. The summed E-state index contributed by atoms with van der Waals surface area (Å²) in [7, 11) is 0. The molecule has 2 amide bonds. The van der Waals surface area contributed by atoms with Crippen LogP contribution in [0.15, 0.2) is 18.2 Å². The van der Waals surface area contributed by atoms with Gasteiger partial charge in [0.1, 0.15) is 17.9 Å². The third-order valence-corrected chi connectivity index (χ3v) is 4.25. The number of amides is 2. The minimum atomic E-state index is -0.738. The summed E-state index contributed by atoms with van der Waals surface area (Å²) in [5.74, 6) is -0.521. The molecule has 3 rings (SSSR count). The van der Waals surface area contributed by atoms with Crippen LogP contribution in [-0.2, 0) is 9.59 Å². The molecule has 1 aliphatic carbocycles. The number of halogens is 1. The number of nitrogens with one attached hydrogen (secondary N) is 1. The summed E-state index contributed by atoms with van der Waals surface area (Å²) in [5, 5.41) is 2.86. The molecule has 1 saturated heterocycles. The number of carbonyl (C=O) groups excluding carboxylic acids is 2. The Balaban J connectivity index is 1.97. The molecule has 1 aromatic carbocycles. The zero-order valence-electron chi connectivity index (χ0n) is 11.4. The average molecular weight is 276 g/mol. The van der Waals surface area contributed by atoms with Gasteiger partial charge in [-0.2, -0.15) is 0 Å². The molecule has 1 aromatic rings. The molecule has 0 unspecified atom stereocenters. The lowest BCUT2D eigenvalue weighted by Crippen LogP contribution is -2.65. The van der Waals surface area contributed by atoms with E-state index >= 15 is 0 Å². The number of aryl methyl sites for hydroxylation is 1. The summed E-state index contributed by atoms with van der Waals surface area (Å²) in [6.45, 7) is 1.66. The molecule has 0 bridgehead atoms. The Morgan fingerprint density at radius 3 is 2.60 bits per heavy atom. The molecule has 2 aliphatic rings. The molecular weight excluding hydrogens is 259 g/mol. The van der Waals surface area contributed by atoms with Gasteiger partial charge in [0.05, 0.1) is 0 Å². The highest BCUT2D eigenvalue weighted by atomic mass is 19.1. The molecule has 0 atom stereocenters. The number of nitrogens with zero attached hydrogens (tertiary/aromatic N) is 1. The summed E-state index contributed by atoms with van der Waals surface area (Å²) in [6.07, 6.45) is 3.27. The Morgan fingerprint density at radius 2 is 1.95 bits per heavy atom. The number of carbonyl (C=O) groups is 2. The highest BCUT2D eigenvalue weighted by Crippen LogP contribution is 2.35. The van der Waals surface area contributed by atoms with Crippen LogP contribution in [0.25, 0.3) is 0 Å². The van der Waals surface area contributed by atoms with Crippen molar-refractivity contribution in [2.24, 2.45) is 0 Å². The maximum atomic E-state index is 13.4. The maximum Gasteiger partial charge on any atom is 0.253 e. The topological polar surface area (TPSA) is 49.4 Å². The largest absolute Gasteiger partial charge is 0.340 e. The highest BCUT2D eigenvalue weighted by molar-refractivity contribution is 6.09. The van der Waals surface area contributed by atoms with Crippen LogP contribution < -0.4 is 10.2 Å². The monoisotopic (exact) mass is 276 g/mol. The molecule has 4 nitrogen and oxygen atoms in total. The van der Waals surface area contributed by atoms with E-state index in [1.807, 2.05) is 0 Å². The first-order valence-electron chi connectivity index (χ1n) is 6.91. The second kappa shape index (κ2) is 4.58. The Labute approximate surface area is 117 Å². The fourth-order valence-electron chi connectivity index (χ4n) is 3.16. The Kier molecular flexibility index (Phi) is 3.00. The average Bonchev–Trinajstić information content (AvgIpc) is 2.86. The van der Waals surface area contributed by atoms with Gasteiger partial charge in [0.25, 0.3) is 5.91 Å². The van der Waals surface area contributed by atoms with E-state index in [2.05, 4.69) is 5.32 Å². The fraction of sp³-hybridized carbons (Fsp3) is 0.467. The molecular formula is C15H17FN2O2. The van der Waals surface area contributed by atoms with Crippen molar-refractivity contribution in [1.82, 2.24) is 5.32 Å². The van der Waals surface area contributed by atoms with Gasteiger partial charge >= 0.3 is 0 Å². The first kappa shape index (κ1) is 13.1. The minimum absolute atomic E-state index is 0.00561. The summed E-state index contributed by atoms with van der Waals surface area (Å²) in [6, 6.07) is 4.52. The van der Waals surface area contributed by atoms with Crippen LogP contribution in [0.1, 0.15) is 31.2 Å². The van der Waals surface area contributed by atoms with Crippen LogP contribution in [0.4, 0.5) is 10.1 Å². The molecule has 1 spiro atoms. The zero-order valence-corrected chi connectivity index (χ0v) is 11.4. The normalized spacial score (nSPS) is 21.4. The van der Waals surface area contributed by atoms with Gasteiger partial charge in [-0.15, -0.1) is 0 Å². The molecule has 2 fully saturated rings. The van der Waals surface area contributed by atoms with Crippen molar-refractivity contribution in [1.29, 1.82) is 0 Å². The zero-order chi connectivity index (χ0) is 14.3. The lowest BCUT2D eigenvalue weighted by atomic mass is 9.92. The third kappa shape index (κ3) is 1.97. The van der Waals surface area contributed by atoms with E-state index in [0.29, 0.717) is 24.1 Å². The van der Waals surface area contributed by atoms with E-state index in [1.54, 1.807) is 19.1 Å². The molecule has 0 radical (unpaired) electrons. The second-order valence-electron chi connectivity index (χ2n) is 5.66. The van der Waals surface area contributed by atoms with Crippen molar-refractivity contribution in [2.75, 3.05) is 11.4 Å². The van der Waals surface area contributed by atoms with E-state index in [-0.39, 0.29) is 24.2 Å². The lowest BCUT2D eigenvalue weighted by Gasteiger charge is -2.39. The number of hydrogen-bond acceptors (Lipinski definition) is 2. The van der Waals surface area contributed by atoms with Gasteiger partial charge < -0.3 is 10.2 Å². The molecule has 5 heteroatoms. The quantitative estimate of drug-likeness (QED) is 0.852. The smallest absolute Gasteiger partial charge is 0.253 e. The second-order valence-corrected chi connectivity index (χ2v) is 5.66. The summed E-state index contributed by atoms with van der Waals surface area (Å²) < 4.78 is 13.4. The van der Waals surface area contributed by atoms with Crippen molar-refractivity contribution < 1.29 is 14.0 Å². The number of anilines is 1. The third-order valence-electron chi connectivity index (χ3n) is 4.25. The number of piperazine rings is 1. The van der Waals surface area contributed by atoms with Gasteiger partial charge in [-0.3, -0.25) is 9.59 Å². The maximum absolute atomic E-state index is 13.4. The van der Waals surface area contributed by atoms with Crippen LogP contribution in [0.2, 0.25) is 0 Å². The fourth-order valence-corrected chi connectivity index (χ4v) is 3.16. The van der Waals surface area contributed by atoms with Crippen molar-refractivity contribution in [3.63, 3.8) is 0 Å². The van der Waals surface area contributed by atoms with Crippen LogP contribution in [0.5, 0.6) is 0 Å². The van der Waals surface area contributed by atoms with Gasteiger partial charge in [-0.05, 0) is 43.5 Å². The molecule has 0 aromatic heterocycles. The van der Waals surface area contributed by atoms with E-state index < -0.39 is 5.54 Å². The van der Waals surface area contributed by atoms with E-state index in [1.165, 1.54) is 11.0 Å². The summed E-state index contributed by atoms with van der Waals surface area (Å²) >= 11 is 0. The van der Waals surface area contributed by atoms with Crippen LogP contribution in [-0.4, -0.2) is 23.9 Å². The first-order valence-corrected chi connectivity index (χ1v) is 6.91. The van der Waals surface area contributed by atoms with Crippen molar-refractivity contribution >= 4 is 17.5 Å². The van der Waals surface area contributed by atoms with Crippen molar-refractivity contribution in [3.8, 4) is 0 Å². The van der Waals surface area contributed by atoms with Crippen LogP contribution >= 0.6 is 0 Å². The predicted octanol–water partition coefficient (Wildman–Crippen LogP) is 1.91. The van der Waals surface area contributed by atoms with Gasteiger partial charge in [0.15, 0.2) is 0 Å². The van der Waals surface area contributed by atoms with Gasteiger partial charge in [0.2, 0.25) is 5.91 Å². The Morgan fingerprint density at radius 1 is 1.25 bits per heavy atom. The lowest BCUT2D eigenvalue weighted by molar-refractivity contribution is -0.135. The van der Waals surface area contributed by atoms with E-state index in [4.69, 9.17) is 0 Å².